The molecule has 4 nitrogen and oxygen atoms in total. The summed E-state index contributed by atoms with van der Waals surface area (Å²) >= 11 is 0. The van der Waals surface area contributed by atoms with Gasteiger partial charge in [0.15, 0.2) is 0 Å². The van der Waals surface area contributed by atoms with Crippen LogP contribution in [0.15, 0.2) is 42.9 Å². The average molecular weight is 271 g/mol. The minimum absolute atomic E-state index is 0.159. The fourth-order valence-electron chi connectivity index (χ4n) is 3.00. The van der Waals surface area contributed by atoms with Gasteiger partial charge in [-0.05, 0) is 24.9 Å². The van der Waals surface area contributed by atoms with Crippen LogP contribution in [0.1, 0.15) is 30.1 Å². The molecule has 106 valence electrons. The highest BCUT2D eigenvalue weighted by atomic mass is 16.3. The third kappa shape index (κ3) is 2.92. The van der Waals surface area contributed by atoms with Gasteiger partial charge in [-0.3, -0.25) is 4.90 Å². The van der Waals surface area contributed by atoms with Gasteiger partial charge in [0.25, 0.3) is 0 Å². The molecule has 0 radical (unpaired) electrons. The molecule has 1 aromatic heterocycles. The molecule has 1 aliphatic heterocycles. The van der Waals surface area contributed by atoms with Crippen LogP contribution in [0.2, 0.25) is 0 Å². The normalized spacial score (nSPS) is 19.6. The Morgan fingerprint density at radius 1 is 1.25 bits per heavy atom. The molecule has 1 saturated heterocycles. The van der Waals surface area contributed by atoms with Crippen molar-refractivity contribution in [3.63, 3.8) is 0 Å². The van der Waals surface area contributed by atoms with Gasteiger partial charge in [0.2, 0.25) is 0 Å². The first-order chi connectivity index (χ1) is 9.86. The summed E-state index contributed by atoms with van der Waals surface area (Å²) in [6, 6.07) is 11.2. The first kappa shape index (κ1) is 13.3. The fraction of sp³-hybridized carbons (Fsp3) is 0.438. The number of rotatable bonds is 5. The van der Waals surface area contributed by atoms with E-state index in [1.54, 1.807) is 6.33 Å². The predicted molar refractivity (Wildman–Crippen MR) is 78.1 cm³/mol. The summed E-state index contributed by atoms with van der Waals surface area (Å²) in [4.78, 5) is 6.94. The summed E-state index contributed by atoms with van der Waals surface area (Å²) in [6.07, 6.45) is 6.31. The highest BCUT2D eigenvalue weighted by Crippen LogP contribution is 2.32. The van der Waals surface area contributed by atoms with Gasteiger partial charge in [-0.15, -0.1) is 0 Å². The molecule has 1 aromatic carbocycles. The maximum absolute atomic E-state index is 8.94. The van der Waals surface area contributed by atoms with Crippen LogP contribution in [-0.2, 0) is 13.1 Å². The molecule has 0 saturated carbocycles. The van der Waals surface area contributed by atoms with Crippen molar-refractivity contribution in [1.82, 2.24) is 14.5 Å². The minimum Gasteiger partial charge on any atom is -0.395 e. The van der Waals surface area contributed by atoms with Crippen LogP contribution < -0.4 is 0 Å². The summed E-state index contributed by atoms with van der Waals surface area (Å²) in [5.74, 6) is 0. The Morgan fingerprint density at radius 2 is 2.10 bits per heavy atom. The smallest absolute Gasteiger partial charge is 0.0950 e. The number of nitrogens with zero attached hydrogens (tertiary/aromatic N) is 3. The van der Waals surface area contributed by atoms with Gasteiger partial charge in [-0.25, -0.2) is 4.98 Å². The molecule has 1 fully saturated rings. The molecule has 2 aromatic rings. The first-order valence-corrected chi connectivity index (χ1v) is 7.27. The lowest BCUT2D eigenvalue weighted by atomic mass is 10.0. The van der Waals surface area contributed by atoms with E-state index in [0.717, 1.165) is 18.8 Å². The van der Waals surface area contributed by atoms with E-state index < -0.39 is 0 Å². The standard InChI is InChI=1S/C16H21N3O/c20-10-9-18-11-15(17-13-18)12-19-8-4-7-16(19)14-5-2-1-3-6-14/h1-3,5-6,11,13,16,20H,4,7-10,12H2. The van der Waals surface area contributed by atoms with Gasteiger partial charge in [0.05, 0.1) is 18.6 Å². The van der Waals surface area contributed by atoms with E-state index in [1.807, 2.05) is 10.8 Å². The van der Waals surface area contributed by atoms with E-state index in [2.05, 4.69) is 40.2 Å². The zero-order chi connectivity index (χ0) is 13.8. The van der Waals surface area contributed by atoms with Crippen molar-refractivity contribution in [2.24, 2.45) is 0 Å². The Labute approximate surface area is 119 Å². The van der Waals surface area contributed by atoms with E-state index in [1.165, 1.54) is 18.4 Å². The van der Waals surface area contributed by atoms with Crippen molar-refractivity contribution in [3.05, 3.63) is 54.1 Å². The maximum atomic E-state index is 8.94. The maximum Gasteiger partial charge on any atom is 0.0950 e. The van der Waals surface area contributed by atoms with Gasteiger partial charge in [0, 0.05) is 25.3 Å². The molecular formula is C16H21N3O. The highest BCUT2D eigenvalue weighted by molar-refractivity contribution is 5.20. The Hall–Kier alpha value is -1.65. The van der Waals surface area contributed by atoms with Crippen LogP contribution in [0.5, 0.6) is 0 Å². The number of likely N-dealkylation sites (tertiary alicyclic amines) is 1. The summed E-state index contributed by atoms with van der Waals surface area (Å²) < 4.78 is 1.95. The van der Waals surface area contributed by atoms with E-state index in [9.17, 15) is 0 Å². The first-order valence-electron chi connectivity index (χ1n) is 7.27. The quantitative estimate of drug-likeness (QED) is 0.906. The lowest BCUT2D eigenvalue weighted by molar-refractivity contribution is 0.245. The Kier molecular flexibility index (Phi) is 4.14. The number of aliphatic hydroxyl groups excluding tert-OH is 1. The zero-order valence-corrected chi connectivity index (χ0v) is 11.7. The van der Waals surface area contributed by atoms with Gasteiger partial charge >= 0.3 is 0 Å². The summed E-state index contributed by atoms with van der Waals surface area (Å²) in [5.41, 5.74) is 2.49. The van der Waals surface area contributed by atoms with Crippen LogP contribution >= 0.6 is 0 Å². The van der Waals surface area contributed by atoms with E-state index in [-0.39, 0.29) is 6.61 Å². The average Bonchev–Trinajstić information content (AvgIpc) is 3.10. The monoisotopic (exact) mass is 271 g/mol. The van der Waals surface area contributed by atoms with Gasteiger partial charge < -0.3 is 9.67 Å². The molecule has 1 N–H and O–H groups in total. The number of hydrogen-bond acceptors (Lipinski definition) is 3. The Morgan fingerprint density at radius 3 is 2.90 bits per heavy atom. The fourth-order valence-corrected chi connectivity index (χ4v) is 3.00. The van der Waals surface area contributed by atoms with Crippen LogP contribution in [0.4, 0.5) is 0 Å². The van der Waals surface area contributed by atoms with Gasteiger partial charge in [0.1, 0.15) is 0 Å². The van der Waals surface area contributed by atoms with E-state index in [0.29, 0.717) is 12.6 Å². The van der Waals surface area contributed by atoms with Crippen molar-refractivity contribution >= 4 is 0 Å². The third-order valence-corrected chi connectivity index (χ3v) is 3.96. The molecule has 20 heavy (non-hydrogen) atoms. The number of benzene rings is 1. The predicted octanol–water partition coefficient (Wildman–Crippen LogP) is 2.21. The van der Waals surface area contributed by atoms with Crippen molar-refractivity contribution in [2.45, 2.75) is 32.0 Å². The molecule has 0 amide bonds. The molecule has 2 heterocycles. The number of aliphatic hydroxyl groups is 1. The van der Waals surface area contributed by atoms with Crippen LogP contribution in [0.3, 0.4) is 0 Å². The summed E-state index contributed by atoms with van der Waals surface area (Å²) in [7, 11) is 0. The third-order valence-electron chi connectivity index (χ3n) is 3.96. The second-order valence-electron chi connectivity index (χ2n) is 5.37. The molecule has 0 bridgehead atoms. The van der Waals surface area contributed by atoms with Crippen LogP contribution in [-0.4, -0.2) is 32.7 Å². The SMILES string of the molecule is OCCn1cnc(CN2CCCC2c2ccccc2)c1. The van der Waals surface area contributed by atoms with Crippen LogP contribution in [0.25, 0.3) is 0 Å². The molecule has 1 unspecified atom stereocenters. The van der Waals surface area contributed by atoms with Gasteiger partial charge in [-0.1, -0.05) is 30.3 Å². The van der Waals surface area contributed by atoms with Crippen molar-refractivity contribution < 1.29 is 5.11 Å². The molecule has 0 spiro atoms. The molecular weight excluding hydrogens is 250 g/mol. The van der Waals surface area contributed by atoms with Crippen molar-refractivity contribution in [1.29, 1.82) is 0 Å². The summed E-state index contributed by atoms with van der Waals surface area (Å²) in [6.45, 7) is 2.80. The molecule has 4 heteroatoms. The number of imidazole rings is 1. The second-order valence-corrected chi connectivity index (χ2v) is 5.37. The lowest BCUT2D eigenvalue weighted by Crippen LogP contribution is -2.22. The molecule has 1 aliphatic rings. The largest absolute Gasteiger partial charge is 0.395 e. The molecule has 1 atom stereocenters. The second kappa shape index (κ2) is 6.20. The number of aromatic nitrogens is 2. The van der Waals surface area contributed by atoms with E-state index >= 15 is 0 Å². The van der Waals surface area contributed by atoms with Crippen molar-refractivity contribution in [3.8, 4) is 0 Å². The van der Waals surface area contributed by atoms with Gasteiger partial charge in [-0.2, -0.15) is 0 Å². The Balaban J connectivity index is 1.69. The Bertz CT molecular complexity index is 538. The minimum atomic E-state index is 0.159. The van der Waals surface area contributed by atoms with Crippen molar-refractivity contribution in [2.75, 3.05) is 13.2 Å². The molecule has 3 rings (SSSR count). The molecule has 0 aliphatic carbocycles. The topological polar surface area (TPSA) is 41.3 Å². The summed E-state index contributed by atoms with van der Waals surface area (Å²) in [5, 5.41) is 8.94. The van der Waals surface area contributed by atoms with E-state index in [4.69, 9.17) is 5.11 Å². The van der Waals surface area contributed by atoms with Crippen LogP contribution in [0, 0.1) is 0 Å². The number of hydrogen-bond donors (Lipinski definition) is 1. The lowest BCUT2D eigenvalue weighted by Gasteiger charge is -2.23. The highest BCUT2D eigenvalue weighted by Gasteiger charge is 2.26. The zero-order valence-electron chi connectivity index (χ0n) is 11.7.